The molecule has 0 aromatic carbocycles. The quantitative estimate of drug-likeness (QED) is 0.660. The van der Waals surface area contributed by atoms with Crippen LogP contribution >= 0.6 is 15.9 Å². The van der Waals surface area contributed by atoms with E-state index in [0.29, 0.717) is 0 Å². The maximum Gasteiger partial charge on any atom is 0.112 e. The van der Waals surface area contributed by atoms with Crippen LogP contribution in [0.15, 0.2) is 11.1 Å². The van der Waals surface area contributed by atoms with Gasteiger partial charge in [0.2, 0.25) is 0 Å². The molecule has 4 atom stereocenters. The van der Waals surface area contributed by atoms with Gasteiger partial charge < -0.3 is 14.9 Å². The van der Waals surface area contributed by atoms with Crippen LogP contribution in [0, 0.1) is 6.92 Å². The van der Waals surface area contributed by atoms with Crippen molar-refractivity contribution in [3.05, 3.63) is 18.0 Å². The lowest BCUT2D eigenvalue weighted by Crippen LogP contribution is -2.30. The molecule has 0 amide bonds. The maximum atomic E-state index is 9.23. The molecule has 0 saturated carbocycles. The molecule has 4 heteroatoms. The van der Waals surface area contributed by atoms with Gasteiger partial charge in [0.25, 0.3) is 0 Å². The number of ether oxygens (including phenoxy) is 1. The van der Waals surface area contributed by atoms with Crippen LogP contribution in [0.5, 0.6) is 0 Å². The zero-order chi connectivity index (χ0) is 8.43. The molecule has 0 spiro atoms. The van der Waals surface area contributed by atoms with E-state index in [1.807, 2.05) is 0 Å². The molecule has 1 fully saturated rings. The molecule has 0 aliphatic carbocycles. The summed E-state index contributed by atoms with van der Waals surface area (Å²) in [6, 6.07) is 0. The van der Waals surface area contributed by atoms with Crippen molar-refractivity contribution in [2.24, 2.45) is 0 Å². The van der Waals surface area contributed by atoms with Crippen LogP contribution in [0.25, 0.3) is 0 Å². The van der Waals surface area contributed by atoms with Gasteiger partial charge in [-0.3, -0.25) is 0 Å². The molecular formula is C7H9BrO3. The SMILES string of the molecule is [CH][C@@H]1O[C@H](/C=C\Br)[C@H](O)C1O. The van der Waals surface area contributed by atoms with E-state index in [9.17, 15) is 5.11 Å². The van der Waals surface area contributed by atoms with E-state index < -0.39 is 24.4 Å². The zero-order valence-corrected chi connectivity index (χ0v) is 7.31. The normalized spacial score (nSPS) is 45.5. The van der Waals surface area contributed by atoms with Crippen molar-refractivity contribution < 1.29 is 14.9 Å². The molecule has 1 aliphatic heterocycles. The van der Waals surface area contributed by atoms with E-state index >= 15 is 0 Å². The van der Waals surface area contributed by atoms with Crippen molar-refractivity contribution in [2.75, 3.05) is 0 Å². The van der Waals surface area contributed by atoms with Crippen molar-refractivity contribution in [1.82, 2.24) is 0 Å². The number of hydrogen-bond donors (Lipinski definition) is 2. The minimum absolute atomic E-state index is 0.514. The van der Waals surface area contributed by atoms with Crippen LogP contribution in [0.2, 0.25) is 0 Å². The smallest absolute Gasteiger partial charge is 0.112 e. The molecule has 11 heavy (non-hydrogen) atoms. The summed E-state index contributed by atoms with van der Waals surface area (Å²) in [7, 11) is 0. The van der Waals surface area contributed by atoms with Crippen LogP contribution in [0.1, 0.15) is 0 Å². The molecule has 3 nitrogen and oxygen atoms in total. The fourth-order valence-electron chi connectivity index (χ4n) is 0.962. The van der Waals surface area contributed by atoms with Gasteiger partial charge in [0.1, 0.15) is 18.3 Å². The zero-order valence-electron chi connectivity index (χ0n) is 5.72. The molecule has 1 unspecified atom stereocenters. The van der Waals surface area contributed by atoms with Crippen molar-refractivity contribution in [3.63, 3.8) is 0 Å². The molecule has 1 saturated heterocycles. The predicted molar refractivity (Wildman–Crippen MR) is 43.0 cm³/mol. The summed E-state index contributed by atoms with van der Waals surface area (Å²) >= 11 is 3.03. The average molecular weight is 221 g/mol. The minimum Gasteiger partial charge on any atom is -0.388 e. The first kappa shape index (κ1) is 9.19. The van der Waals surface area contributed by atoms with E-state index in [0.717, 1.165) is 0 Å². The van der Waals surface area contributed by atoms with Crippen LogP contribution in [-0.4, -0.2) is 34.6 Å². The average Bonchev–Trinajstić information content (AvgIpc) is 2.19. The van der Waals surface area contributed by atoms with Gasteiger partial charge in [-0.25, -0.2) is 0 Å². The van der Waals surface area contributed by atoms with Crippen molar-refractivity contribution in [1.29, 1.82) is 0 Å². The Kier molecular flexibility index (Phi) is 3.06. The highest BCUT2D eigenvalue weighted by Crippen LogP contribution is 2.21. The van der Waals surface area contributed by atoms with Crippen LogP contribution < -0.4 is 0 Å². The van der Waals surface area contributed by atoms with E-state index in [-0.39, 0.29) is 0 Å². The number of halogens is 1. The second kappa shape index (κ2) is 3.67. The van der Waals surface area contributed by atoms with Gasteiger partial charge >= 0.3 is 0 Å². The number of hydrogen-bond acceptors (Lipinski definition) is 3. The maximum absolute atomic E-state index is 9.23. The molecule has 2 N–H and O–H groups in total. The lowest BCUT2D eigenvalue weighted by Gasteiger charge is -2.09. The summed E-state index contributed by atoms with van der Waals surface area (Å²) in [5.41, 5.74) is 0. The van der Waals surface area contributed by atoms with Crippen molar-refractivity contribution >= 4 is 15.9 Å². The monoisotopic (exact) mass is 220 g/mol. The Morgan fingerprint density at radius 2 is 2.00 bits per heavy atom. The Morgan fingerprint density at radius 1 is 1.36 bits per heavy atom. The third-order valence-electron chi connectivity index (χ3n) is 1.60. The Bertz CT molecular complexity index is 160. The molecule has 1 aliphatic rings. The summed E-state index contributed by atoms with van der Waals surface area (Å²) in [4.78, 5) is 1.56. The third-order valence-corrected chi connectivity index (χ3v) is 1.91. The van der Waals surface area contributed by atoms with Gasteiger partial charge in [-0.1, -0.05) is 15.9 Å². The lowest BCUT2D eigenvalue weighted by atomic mass is 10.1. The van der Waals surface area contributed by atoms with Crippen LogP contribution in [0.3, 0.4) is 0 Å². The summed E-state index contributed by atoms with van der Waals surface area (Å²) in [5.74, 6) is 0. The fourth-order valence-corrected chi connectivity index (χ4v) is 1.26. The van der Waals surface area contributed by atoms with Gasteiger partial charge in [-0.15, -0.1) is 0 Å². The Morgan fingerprint density at radius 3 is 2.36 bits per heavy atom. The van der Waals surface area contributed by atoms with E-state index in [1.165, 1.54) is 0 Å². The highest BCUT2D eigenvalue weighted by molar-refractivity contribution is 9.11. The van der Waals surface area contributed by atoms with Crippen molar-refractivity contribution in [2.45, 2.75) is 24.4 Å². The number of aliphatic hydroxyl groups is 2. The Hall–Kier alpha value is 0.1000. The molecule has 2 radical (unpaired) electrons. The highest BCUT2D eigenvalue weighted by atomic mass is 79.9. The molecule has 0 aromatic heterocycles. The first-order chi connectivity index (χ1) is 5.16. The highest BCUT2D eigenvalue weighted by Gasteiger charge is 2.38. The van der Waals surface area contributed by atoms with Crippen molar-refractivity contribution in [3.8, 4) is 0 Å². The molecule has 1 rings (SSSR count). The van der Waals surface area contributed by atoms with Gasteiger partial charge in [-0.05, 0) is 18.0 Å². The second-order valence-electron chi connectivity index (χ2n) is 2.36. The Labute approximate surface area is 73.8 Å². The topological polar surface area (TPSA) is 49.7 Å². The number of aliphatic hydroxyl groups excluding tert-OH is 2. The van der Waals surface area contributed by atoms with E-state index in [4.69, 9.17) is 16.8 Å². The summed E-state index contributed by atoms with van der Waals surface area (Å²) < 4.78 is 4.99. The van der Waals surface area contributed by atoms with E-state index in [2.05, 4.69) is 15.9 Å². The standard InChI is InChI=1S/C7H9BrO3/c1-4-6(9)7(10)5(11-4)2-3-8/h1-7,9-10H/b3-2-/t4-,5+,6?,7-/m0/s1. The molecule has 0 aromatic rings. The van der Waals surface area contributed by atoms with Gasteiger partial charge in [0.05, 0.1) is 6.10 Å². The lowest BCUT2D eigenvalue weighted by molar-refractivity contribution is 0.0391. The summed E-state index contributed by atoms with van der Waals surface area (Å²) in [6.07, 6.45) is -1.65. The summed E-state index contributed by atoms with van der Waals surface area (Å²) in [5, 5.41) is 18.3. The Balaban J connectivity index is 2.59. The minimum atomic E-state index is -0.997. The van der Waals surface area contributed by atoms with Gasteiger partial charge in [-0.2, -0.15) is 0 Å². The largest absolute Gasteiger partial charge is 0.388 e. The third kappa shape index (κ3) is 1.82. The fraction of sp³-hybridized carbons (Fsp3) is 0.571. The first-order valence-corrected chi connectivity index (χ1v) is 4.12. The van der Waals surface area contributed by atoms with Gasteiger partial charge in [0.15, 0.2) is 0 Å². The van der Waals surface area contributed by atoms with E-state index in [1.54, 1.807) is 11.1 Å². The second-order valence-corrected chi connectivity index (χ2v) is 2.89. The molecule has 0 bridgehead atoms. The summed E-state index contributed by atoms with van der Waals surface area (Å²) in [6.45, 7) is 5.31. The van der Waals surface area contributed by atoms with Crippen LogP contribution in [0.4, 0.5) is 0 Å². The number of rotatable bonds is 1. The van der Waals surface area contributed by atoms with Crippen LogP contribution in [-0.2, 0) is 4.74 Å². The molecule has 1 heterocycles. The van der Waals surface area contributed by atoms with Gasteiger partial charge in [0, 0.05) is 0 Å². The molecular weight excluding hydrogens is 212 g/mol. The molecule has 62 valence electrons. The predicted octanol–water partition coefficient (Wildman–Crippen LogP) is 0.0953. The first-order valence-electron chi connectivity index (χ1n) is 3.21.